The van der Waals surface area contributed by atoms with Gasteiger partial charge in [0.2, 0.25) is 0 Å². The monoisotopic (exact) mass is 539 g/mol. The van der Waals surface area contributed by atoms with E-state index in [2.05, 4.69) is 42.5 Å². The van der Waals surface area contributed by atoms with Gasteiger partial charge in [0.1, 0.15) is 5.82 Å². The van der Waals surface area contributed by atoms with Gasteiger partial charge in [-0.05, 0) is 83.6 Å². The summed E-state index contributed by atoms with van der Waals surface area (Å²) in [5.41, 5.74) is 5.21. The van der Waals surface area contributed by atoms with E-state index in [1.54, 1.807) is 29.2 Å². The van der Waals surface area contributed by atoms with Crippen LogP contribution in [0.2, 0.25) is 0 Å². The second kappa shape index (κ2) is 10.7. The Hall–Kier alpha value is -4.76. The van der Waals surface area contributed by atoms with E-state index in [4.69, 9.17) is 0 Å². The molecule has 6 aromatic carbocycles. The van der Waals surface area contributed by atoms with E-state index < -0.39 is 11.4 Å². The number of rotatable bonds is 5. The van der Waals surface area contributed by atoms with Crippen LogP contribution in [0.25, 0.3) is 44.2 Å². The van der Waals surface area contributed by atoms with Crippen LogP contribution < -0.4 is 4.90 Å². The van der Waals surface area contributed by atoms with Crippen LogP contribution in [0.1, 0.15) is 20.8 Å². The molecule has 1 nitrogen and oxygen atoms in total. The summed E-state index contributed by atoms with van der Waals surface area (Å²) >= 11 is 0. The van der Waals surface area contributed by atoms with Gasteiger partial charge in [-0.3, -0.25) is 0 Å². The summed E-state index contributed by atoms with van der Waals surface area (Å²) in [4.78, 5) is 1.75. The van der Waals surface area contributed by atoms with E-state index in [1.165, 1.54) is 16.8 Å². The molecule has 3 heteroatoms. The number of para-hydroxylation sites is 1. The summed E-state index contributed by atoms with van der Waals surface area (Å²) < 4.78 is 32.1. The van der Waals surface area contributed by atoms with Crippen molar-refractivity contribution in [3.8, 4) is 33.4 Å². The molecule has 0 bridgehead atoms. The van der Waals surface area contributed by atoms with Crippen LogP contribution in [-0.2, 0) is 0 Å². The molecule has 0 N–H and O–H groups in total. The zero-order chi connectivity index (χ0) is 28.6. The van der Waals surface area contributed by atoms with Crippen molar-refractivity contribution in [1.29, 1.82) is 0 Å². The van der Waals surface area contributed by atoms with Crippen LogP contribution in [0, 0.1) is 11.6 Å². The molecule has 202 valence electrons. The molecular formula is C38H31F2N. The number of hydrogen-bond acceptors (Lipinski definition) is 1. The number of fused-ring (bicyclic) bond motifs is 1. The molecule has 0 aromatic heterocycles. The number of anilines is 2. The molecule has 0 aliphatic rings. The summed E-state index contributed by atoms with van der Waals surface area (Å²) in [6.45, 7) is 5.88. The van der Waals surface area contributed by atoms with Gasteiger partial charge >= 0.3 is 0 Å². The van der Waals surface area contributed by atoms with Crippen molar-refractivity contribution >= 4 is 22.1 Å². The molecule has 41 heavy (non-hydrogen) atoms. The Balaban J connectivity index is 1.57. The van der Waals surface area contributed by atoms with Crippen molar-refractivity contribution < 1.29 is 8.78 Å². The number of hydrogen-bond donors (Lipinski definition) is 0. The molecule has 0 unspecified atom stereocenters. The first-order chi connectivity index (χ1) is 19.8. The number of halogens is 2. The first-order valence-electron chi connectivity index (χ1n) is 13.8. The van der Waals surface area contributed by atoms with E-state index in [9.17, 15) is 0 Å². The molecule has 0 aliphatic heterocycles. The third-order valence-electron chi connectivity index (χ3n) is 7.46. The molecule has 6 rings (SSSR count). The predicted molar refractivity (Wildman–Crippen MR) is 169 cm³/mol. The maximum absolute atomic E-state index is 17.0. The van der Waals surface area contributed by atoms with Crippen LogP contribution >= 0.6 is 0 Å². The summed E-state index contributed by atoms with van der Waals surface area (Å²) in [6, 6.07) is 42.8. The van der Waals surface area contributed by atoms with Crippen LogP contribution in [-0.4, -0.2) is 5.54 Å². The van der Waals surface area contributed by atoms with Crippen molar-refractivity contribution in [1.82, 2.24) is 0 Å². The summed E-state index contributed by atoms with van der Waals surface area (Å²) in [7, 11) is 0. The Morgan fingerprint density at radius 3 is 1.88 bits per heavy atom. The summed E-state index contributed by atoms with van der Waals surface area (Å²) in [5.74, 6) is -0.780. The topological polar surface area (TPSA) is 3.24 Å². The maximum Gasteiger partial charge on any atom is 0.155 e. The fourth-order valence-corrected chi connectivity index (χ4v) is 5.68. The lowest BCUT2D eigenvalue weighted by Gasteiger charge is -2.38. The lowest BCUT2D eigenvalue weighted by atomic mass is 9.90. The fraction of sp³-hybridized carbons (Fsp3) is 0.105. The van der Waals surface area contributed by atoms with E-state index in [-0.39, 0.29) is 5.82 Å². The third kappa shape index (κ3) is 5.00. The Bertz CT molecular complexity index is 1850. The van der Waals surface area contributed by atoms with Crippen molar-refractivity contribution in [2.75, 3.05) is 4.90 Å². The Morgan fingerprint density at radius 1 is 0.512 bits per heavy atom. The highest BCUT2D eigenvalue weighted by Crippen LogP contribution is 2.44. The number of nitrogens with zero attached hydrogens (tertiary/aromatic N) is 1. The van der Waals surface area contributed by atoms with Gasteiger partial charge in [-0.15, -0.1) is 0 Å². The van der Waals surface area contributed by atoms with Crippen molar-refractivity contribution in [3.05, 3.63) is 145 Å². The second-order valence-corrected chi connectivity index (χ2v) is 11.3. The van der Waals surface area contributed by atoms with E-state index >= 15 is 8.78 Å². The minimum Gasteiger partial charge on any atom is -0.331 e. The molecule has 0 amide bonds. The predicted octanol–water partition coefficient (Wildman–Crippen LogP) is 11.1. The molecule has 6 aromatic rings. The minimum atomic E-state index is -0.590. The highest BCUT2D eigenvalue weighted by Gasteiger charge is 2.30. The first-order valence-corrected chi connectivity index (χ1v) is 13.8. The van der Waals surface area contributed by atoms with Gasteiger partial charge in [0, 0.05) is 11.1 Å². The van der Waals surface area contributed by atoms with E-state index in [0.717, 1.165) is 27.8 Å². The van der Waals surface area contributed by atoms with Gasteiger partial charge in [0.05, 0.1) is 11.4 Å². The van der Waals surface area contributed by atoms with Gasteiger partial charge < -0.3 is 4.90 Å². The molecule has 0 atom stereocenters. The molecule has 0 aliphatic carbocycles. The first kappa shape index (κ1) is 26.5. The standard InChI is InChI=1S/C38H31F2N/c1-38(2,3)41(34-22-10-9-21-33(34)39)35-24-23-32(36(37(35)40)27-14-5-4-6-15-27)29-18-11-17-28(25-29)31-20-12-16-26-13-7-8-19-30(26)31/h4-25H,1-3H3. The SMILES string of the molecule is CC(C)(C)N(c1ccccc1F)c1ccc(-c2cccc(-c3cccc4ccccc34)c2)c(-c2ccccc2)c1F. The van der Waals surface area contributed by atoms with Crippen molar-refractivity contribution in [2.45, 2.75) is 26.3 Å². The fourth-order valence-electron chi connectivity index (χ4n) is 5.68. The second-order valence-electron chi connectivity index (χ2n) is 11.3. The molecule has 0 saturated carbocycles. The van der Waals surface area contributed by atoms with E-state index in [1.807, 2.05) is 81.4 Å². The quantitative estimate of drug-likeness (QED) is 0.211. The van der Waals surface area contributed by atoms with Gasteiger partial charge in [-0.25, -0.2) is 8.78 Å². The van der Waals surface area contributed by atoms with E-state index in [0.29, 0.717) is 16.9 Å². The largest absolute Gasteiger partial charge is 0.331 e. The van der Waals surface area contributed by atoms with Gasteiger partial charge in [-0.1, -0.05) is 109 Å². The van der Waals surface area contributed by atoms with Crippen LogP contribution in [0.15, 0.2) is 133 Å². The van der Waals surface area contributed by atoms with Gasteiger partial charge in [0.15, 0.2) is 5.82 Å². The van der Waals surface area contributed by atoms with Crippen LogP contribution in [0.3, 0.4) is 0 Å². The van der Waals surface area contributed by atoms with Crippen LogP contribution in [0.4, 0.5) is 20.2 Å². The van der Waals surface area contributed by atoms with Gasteiger partial charge in [0.25, 0.3) is 0 Å². The van der Waals surface area contributed by atoms with Gasteiger partial charge in [-0.2, -0.15) is 0 Å². The molecule has 0 radical (unpaired) electrons. The molecular weight excluding hydrogens is 508 g/mol. The smallest absolute Gasteiger partial charge is 0.155 e. The third-order valence-corrected chi connectivity index (χ3v) is 7.46. The highest BCUT2D eigenvalue weighted by atomic mass is 19.1. The van der Waals surface area contributed by atoms with Crippen LogP contribution in [0.5, 0.6) is 0 Å². The molecule has 0 spiro atoms. The summed E-state index contributed by atoms with van der Waals surface area (Å²) in [5, 5.41) is 2.34. The normalized spacial score (nSPS) is 11.5. The lowest BCUT2D eigenvalue weighted by Crippen LogP contribution is -2.38. The molecule has 0 saturated heterocycles. The minimum absolute atomic E-state index is 0.329. The number of benzene rings is 6. The lowest BCUT2D eigenvalue weighted by molar-refractivity contribution is 0.527. The average molecular weight is 540 g/mol. The maximum atomic E-state index is 17.0. The zero-order valence-electron chi connectivity index (χ0n) is 23.4. The van der Waals surface area contributed by atoms with Crippen molar-refractivity contribution in [2.24, 2.45) is 0 Å². The zero-order valence-corrected chi connectivity index (χ0v) is 23.4. The Labute approximate surface area is 240 Å². The highest BCUT2D eigenvalue weighted by molar-refractivity contribution is 5.98. The summed E-state index contributed by atoms with van der Waals surface area (Å²) in [6.07, 6.45) is 0. The van der Waals surface area contributed by atoms with Crippen molar-refractivity contribution in [3.63, 3.8) is 0 Å². The molecule has 0 fully saturated rings. The Morgan fingerprint density at radius 2 is 1.12 bits per heavy atom. The molecule has 0 heterocycles. The average Bonchev–Trinajstić information content (AvgIpc) is 2.98. The Kier molecular flexibility index (Phi) is 6.88.